The van der Waals surface area contributed by atoms with Crippen molar-refractivity contribution in [2.75, 3.05) is 6.54 Å². The minimum Gasteiger partial charge on any atom is -0.347 e. The summed E-state index contributed by atoms with van der Waals surface area (Å²) in [5.41, 5.74) is 9.13. The molecule has 144 valence electrons. The standard InChI is InChI=1S/C24H22N4O/c1-15-19(26-14-25-15)13-27-12-11-21-22(24(27)29)18-7-4-6-17-10-9-16-5-2-3-8-20(16)28(21)23(17)18/h2-8,14H,9-13H2,1H3,(H,25,26). The Morgan fingerprint density at radius 3 is 2.72 bits per heavy atom. The number of carbonyl (C=O) groups excluding carboxylic acids is 1. The van der Waals surface area contributed by atoms with Gasteiger partial charge in [-0.25, -0.2) is 4.98 Å². The first-order chi connectivity index (χ1) is 14.2. The zero-order valence-corrected chi connectivity index (χ0v) is 16.4. The second kappa shape index (κ2) is 6.08. The van der Waals surface area contributed by atoms with Crippen LogP contribution in [0.5, 0.6) is 0 Å². The number of nitrogens with zero attached hydrogens (tertiary/aromatic N) is 3. The third-order valence-corrected chi connectivity index (χ3v) is 6.47. The maximum Gasteiger partial charge on any atom is 0.256 e. The molecule has 2 aliphatic heterocycles. The number of para-hydroxylation sites is 2. The Labute approximate surface area is 169 Å². The monoisotopic (exact) mass is 382 g/mol. The smallest absolute Gasteiger partial charge is 0.256 e. The average Bonchev–Trinajstić information content (AvgIpc) is 3.24. The third-order valence-electron chi connectivity index (χ3n) is 6.47. The number of H-pyrrole nitrogens is 1. The zero-order valence-electron chi connectivity index (χ0n) is 16.4. The lowest BCUT2D eigenvalue weighted by atomic mass is 9.99. The molecule has 5 heteroatoms. The number of hydrogen-bond acceptors (Lipinski definition) is 2. The Morgan fingerprint density at radius 1 is 1.03 bits per heavy atom. The quantitative estimate of drug-likeness (QED) is 0.571. The van der Waals surface area contributed by atoms with Crippen LogP contribution in [0.4, 0.5) is 0 Å². The number of fused-ring (bicyclic) bond motifs is 5. The van der Waals surface area contributed by atoms with Crippen LogP contribution >= 0.6 is 0 Å². The SMILES string of the molecule is Cc1nc[nH]c1CN1CCc2c(c3cccc4c3n2-c2ccccc2CC4)C1=O. The molecule has 4 aromatic rings. The Kier molecular flexibility index (Phi) is 3.48. The van der Waals surface area contributed by atoms with Crippen molar-refractivity contribution in [3.63, 3.8) is 0 Å². The van der Waals surface area contributed by atoms with Crippen LogP contribution in [0.1, 0.15) is 38.6 Å². The second-order valence-corrected chi connectivity index (χ2v) is 8.04. The van der Waals surface area contributed by atoms with Gasteiger partial charge in [-0.3, -0.25) is 4.79 Å². The summed E-state index contributed by atoms with van der Waals surface area (Å²) in [6.07, 6.45) is 4.59. The fraction of sp³-hybridized carbons (Fsp3) is 0.250. The predicted octanol–water partition coefficient (Wildman–Crippen LogP) is 3.96. The zero-order chi connectivity index (χ0) is 19.5. The fourth-order valence-electron chi connectivity index (χ4n) is 5.00. The highest BCUT2D eigenvalue weighted by molar-refractivity contribution is 6.10. The van der Waals surface area contributed by atoms with E-state index in [4.69, 9.17) is 0 Å². The van der Waals surface area contributed by atoms with Gasteiger partial charge in [-0.15, -0.1) is 0 Å². The lowest BCUT2D eigenvalue weighted by molar-refractivity contribution is 0.0725. The van der Waals surface area contributed by atoms with Gasteiger partial charge in [0.1, 0.15) is 0 Å². The molecule has 2 aliphatic rings. The topological polar surface area (TPSA) is 53.9 Å². The molecule has 0 aliphatic carbocycles. The van der Waals surface area contributed by atoms with Gasteiger partial charge in [-0.2, -0.15) is 0 Å². The van der Waals surface area contributed by atoms with E-state index in [1.54, 1.807) is 6.33 Å². The molecule has 0 saturated heterocycles. The first kappa shape index (κ1) is 16.6. The van der Waals surface area contributed by atoms with Crippen LogP contribution in [-0.2, 0) is 25.8 Å². The number of imidazole rings is 1. The van der Waals surface area contributed by atoms with E-state index < -0.39 is 0 Å². The van der Waals surface area contributed by atoms with Gasteiger partial charge in [-0.05, 0) is 37.0 Å². The highest BCUT2D eigenvalue weighted by Crippen LogP contribution is 2.38. The Hall–Kier alpha value is -3.34. The molecule has 29 heavy (non-hydrogen) atoms. The summed E-state index contributed by atoms with van der Waals surface area (Å²) >= 11 is 0. The number of hydrogen-bond donors (Lipinski definition) is 1. The summed E-state index contributed by atoms with van der Waals surface area (Å²) < 4.78 is 2.37. The van der Waals surface area contributed by atoms with Gasteiger partial charge in [-0.1, -0.05) is 36.4 Å². The van der Waals surface area contributed by atoms with Crippen molar-refractivity contribution < 1.29 is 4.79 Å². The second-order valence-electron chi connectivity index (χ2n) is 8.04. The molecule has 0 saturated carbocycles. The molecule has 2 aromatic carbocycles. The van der Waals surface area contributed by atoms with E-state index in [0.717, 1.165) is 53.8 Å². The number of carbonyl (C=O) groups is 1. The number of aromatic amines is 1. The van der Waals surface area contributed by atoms with Crippen LogP contribution in [0.3, 0.4) is 0 Å². The van der Waals surface area contributed by atoms with Crippen LogP contribution in [0.15, 0.2) is 48.8 Å². The molecule has 4 heterocycles. The van der Waals surface area contributed by atoms with Gasteiger partial charge in [0, 0.05) is 29.7 Å². The van der Waals surface area contributed by atoms with Crippen LogP contribution in [0.25, 0.3) is 16.6 Å². The molecule has 0 spiro atoms. The van der Waals surface area contributed by atoms with Crippen LogP contribution in [-0.4, -0.2) is 31.9 Å². The summed E-state index contributed by atoms with van der Waals surface area (Å²) in [6.45, 7) is 3.28. The largest absolute Gasteiger partial charge is 0.347 e. The van der Waals surface area contributed by atoms with Crippen molar-refractivity contribution in [2.45, 2.75) is 32.7 Å². The molecular formula is C24H22N4O. The van der Waals surface area contributed by atoms with E-state index in [9.17, 15) is 4.79 Å². The van der Waals surface area contributed by atoms with E-state index in [1.807, 2.05) is 11.8 Å². The molecule has 0 bridgehead atoms. The summed E-state index contributed by atoms with van der Waals surface area (Å²) in [6, 6.07) is 15.1. The molecule has 0 unspecified atom stereocenters. The van der Waals surface area contributed by atoms with Crippen LogP contribution in [0, 0.1) is 6.92 Å². The van der Waals surface area contributed by atoms with Gasteiger partial charge in [0.15, 0.2) is 0 Å². The summed E-state index contributed by atoms with van der Waals surface area (Å²) in [7, 11) is 0. The number of benzene rings is 2. The molecule has 0 radical (unpaired) electrons. The molecule has 2 aromatic heterocycles. The van der Waals surface area contributed by atoms with Crippen molar-refractivity contribution in [3.05, 3.63) is 82.6 Å². The molecular weight excluding hydrogens is 360 g/mol. The molecule has 1 amide bonds. The minimum absolute atomic E-state index is 0.124. The maximum absolute atomic E-state index is 13.6. The highest BCUT2D eigenvalue weighted by Gasteiger charge is 2.33. The van der Waals surface area contributed by atoms with Gasteiger partial charge in [0.2, 0.25) is 0 Å². The van der Waals surface area contributed by atoms with Crippen molar-refractivity contribution in [3.8, 4) is 5.69 Å². The Balaban J connectivity index is 1.56. The first-order valence-corrected chi connectivity index (χ1v) is 10.2. The Morgan fingerprint density at radius 2 is 1.86 bits per heavy atom. The minimum atomic E-state index is 0.124. The lowest BCUT2D eigenvalue weighted by Gasteiger charge is -2.28. The van der Waals surface area contributed by atoms with Crippen molar-refractivity contribution >= 4 is 16.8 Å². The van der Waals surface area contributed by atoms with E-state index in [-0.39, 0.29) is 5.91 Å². The normalized spacial score (nSPS) is 15.3. The molecule has 0 atom stereocenters. The average molecular weight is 382 g/mol. The number of rotatable bonds is 2. The first-order valence-electron chi connectivity index (χ1n) is 10.2. The van der Waals surface area contributed by atoms with Crippen LogP contribution in [0.2, 0.25) is 0 Å². The number of amides is 1. The highest BCUT2D eigenvalue weighted by atomic mass is 16.2. The molecule has 0 fully saturated rings. The van der Waals surface area contributed by atoms with Gasteiger partial charge in [0.25, 0.3) is 5.91 Å². The summed E-state index contributed by atoms with van der Waals surface area (Å²) in [5, 5.41) is 1.09. The van der Waals surface area contributed by atoms with E-state index >= 15 is 0 Å². The number of nitrogens with one attached hydrogen (secondary N) is 1. The van der Waals surface area contributed by atoms with Crippen molar-refractivity contribution in [1.29, 1.82) is 0 Å². The molecule has 1 N–H and O–H groups in total. The van der Waals surface area contributed by atoms with Crippen LogP contribution < -0.4 is 0 Å². The maximum atomic E-state index is 13.6. The van der Waals surface area contributed by atoms with Gasteiger partial charge < -0.3 is 14.5 Å². The summed E-state index contributed by atoms with van der Waals surface area (Å²) in [5.74, 6) is 0.124. The lowest BCUT2D eigenvalue weighted by Crippen LogP contribution is -2.37. The fourth-order valence-corrected chi connectivity index (χ4v) is 5.00. The van der Waals surface area contributed by atoms with E-state index in [0.29, 0.717) is 6.54 Å². The number of aromatic nitrogens is 3. The molecule has 5 nitrogen and oxygen atoms in total. The van der Waals surface area contributed by atoms with Gasteiger partial charge in [0.05, 0.1) is 35.3 Å². The number of aryl methyl sites for hydroxylation is 3. The van der Waals surface area contributed by atoms with E-state index in [2.05, 4.69) is 57.0 Å². The predicted molar refractivity (Wildman–Crippen MR) is 112 cm³/mol. The molecule has 6 rings (SSSR count). The third kappa shape index (κ3) is 2.33. The summed E-state index contributed by atoms with van der Waals surface area (Å²) in [4.78, 5) is 23.0. The van der Waals surface area contributed by atoms with Crippen molar-refractivity contribution in [2.24, 2.45) is 0 Å². The van der Waals surface area contributed by atoms with Crippen molar-refractivity contribution in [1.82, 2.24) is 19.4 Å². The van der Waals surface area contributed by atoms with E-state index in [1.165, 1.54) is 22.3 Å². The Bertz CT molecular complexity index is 1280. The van der Waals surface area contributed by atoms with Gasteiger partial charge >= 0.3 is 0 Å².